The Hall–Kier alpha value is -4.14. The summed E-state index contributed by atoms with van der Waals surface area (Å²) in [7, 11) is 4.05. The van der Waals surface area contributed by atoms with E-state index in [1.165, 1.54) is 0 Å². The lowest BCUT2D eigenvalue weighted by Gasteiger charge is -2.11. The minimum absolute atomic E-state index is 0.175. The number of esters is 1. The van der Waals surface area contributed by atoms with Gasteiger partial charge in [0.2, 0.25) is 0 Å². The molecule has 0 aliphatic carbocycles. The molecule has 0 saturated carbocycles. The average Bonchev–Trinajstić information content (AvgIpc) is 3.51. The predicted octanol–water partition coefficient (Wildman–Crippen LogP) is 5.74. The van der Waals surface area contributed by atoms with Gasteiger partial charge in [-0.05, 0) is 57.8 Å². The van der Waals surface area contributed by atoms with E-state index in [1.807, 2.05) is 75.1 Å². The maximum absolute atomic E-state index is 13.1. The van der Waals surface area contributed by atoms with Gasteiger partial charge in [-0.3, -0.25) is 4.68 Å². The van der Waals surface area contributed by atoms with Crippen LogP contribution in [0, 0.1) is 6.92 Å². The number of H-pyrrole nitrogens is 1. The van der Waals surface area contributed by atoms with Crippen LogP contribution in [0.2, 0.25) is 0 Å². The van der Waals surface area contributed by atoms with E-state index >= 15 is 0 Å². The molecule has 2 heterocycles. The number of fused-ring (bicyclic) bond motifs is 2. The number of hydrogen-bond donors (Lipinski definition) is 2. The number of aliphatic hydroxyl groups is 1. The van der Waals surface area contributed by atoms with Gasteiger partial charge in [0.25, 0.3) is 0 Å². The van der Waals surface area contributed by atoms with Crippen LogP contribution < -0.4 is 4.74 Å². The standard InChI is InChI=1S/C33H38N4O4/c1-5-40-33(39)32-26(16-10-20-41-29-17-8-12-23-11-6-7-13-24(23)29)25-14-9-15-27(31(25)34-32)30-22(2)37(19-18-36(3)4)35-28(30)21-38/h6-9,11-15,17,34,38H,5,10,16,18-21H2,1-4H3. The first-order valence-electron chi connectivity index (χ1n) is 14.2. The van der Waals surface area contributed by atoms with Crippen LogP contribution in [-0.2, 0) is 24.3 Å². The Morgan fingerprint density at radius 2 is 1.80 bits per heavy atom. The summed E-state index contributed by atoms with van der Waals surface area (Å²) in [6.45, 7) is 6.00. The number of carbonyl (C=O) groups excluding carboxylic acids is 1. The Balaban J connectivity index is 1.47. The molecule has 0 unspecified atom stereocenters. The number of likely N-dealkylation sites (N-methyl/N-ethyl adjacent to an activating group) is 1. The highest BCUT2D eigenvalue weighted by Gasteiger charge is 2.24. The van der Waals surface area contributed by atoms with E-state index in [9.17, 15) is 9.90 Å². The summed E-state index contributed by atoms with van der Waals surface area (Å²) in [6.07, 6.45) is 1.35. The Bertz CT molecular complexity index is 1660. The molecule has 0 saturated heterocycles. The van der Waals surface area contributed by atoms with Gasteiger partial charge in [-0.15, -0.1) is 0 Å². The third-order valence-electron chi connectivity index (χ3n) is 7.46. The van der Waals surface area contributed by atoms with Crippen LogP contribution in [-0.4, -0.2) is 64.6 Å². The SMILES string of the molecule is CCOC(=O)c1[nH]c2c(-c3c(CO)nn(CCN(C)C)c3C)cccc2c1CCCOc1cccc2ccccc12. The lowest BCUT2D eigenvalue weighted by atomic mass is 9.98. The minimum atomic E-state index is -0.375. The number of benzene rings is 3. The summed E-state index contributed by atoms with van der Waals surface area (Å²) in [5.74, 6) is 0.480. The zero-order valence-electron chi connectivity index (χ0n) is 24.2. The Morgan fingerprint density at radius 1 is 1.05 bits per heavy atom. The summed E-state index contributed by atoms with van der Waals surface area (Å²) in [5.41, 5.74) is 5.59. The molecule has 0 fully saturated rings. The van der Waals surface area contributed by atoms with E-state index < -0.39 is 0 Å². The predicted molar refractivity (Wildman–Crippen MR) is 162 cm³/mol. The van der Waals surface area contributed by atoms with Crippen LogP contribution >= 0.6 is 0 Å². The fraction of sp³-hybridized carbons (Fsp3) is 0.333. The first-order chi connectivity index (χ1) is 19.9. The highest BCUT2D eigenvalue weighted by Crippen LogP contribution is 2.36. The van der Waals surface area contributed by atoms with Gasteiger partial charge >= 0.3 is 5.97 Å². The molecule has 5 rings (SSSR count). The molecular formula is C33H38N4O4. The summed E-state index contributed by atoms with van der Waals surface area (Å²) in [4.78, 5) is 18.6. The number of aromatic amines is 1. The first kappa shape index (κ1) is 28.4. The second kappa shape index (κ2) is 12.6. The molecule has 3 aromatic carbocycles. The van der Waals surface area contributed by atoms with E-state index in [2.05, 4.69) is 28.1 Å². The molecule has 2 aromatic heterocycles. The Morgan fingerprint density at radius 3 is 2.59 bits per heavy atom. The number of nitrogens with zero attached hydrogens (tertiary/aromatic N) is 3. The van der Waals surface area contributed by atoms with Crippen LogP contribution in [0.4, 0.5) is 0 Å². The monoisotopic (exact) mass is 554 g/mol. The molecule has 0 spiro atoms. The van der Waals surface area contributed by atoms with Crippen LogP contribution in [0.3, 0.4) is 0 Å². The topological polar surface area (TPSA) is 92.6 Å². The number of para-hydroxylation sites is 1. The number of ether oxygens (including phenoxy) is 2. The molecule has 214 valence electrons. The molecule has 0 bridgehead atoms. The van der Waals surface area contributed by atoms with E-state index in [4.69, 9.17) is 14.6 Å². The zero-order valence-corrected chi connectivity index (χ0v) is 24.2. The van der Waals surface area contributed by atoms with Crippen molar-refractivity contribution < 1.29 is 19.4 Å². The number of aliphatic hydroxyl groups excluding tert-OH is 1. The molecule has 0 radical (unpaired) electrons. The zero-order chi connectivity index (χ0) is 28.9. The maximum atomic E-state index is 13.1. The molecule has 0 aliphatic heterocycles. The summed E-state index contributed by atoms with van der Waals surface area (Å²) < 4.78 is 13.6. The van der Waals surface area contributed by atoms with Crippen molar-refractivity contribution in [2.45, 2.75) is 39.8 Å². The molecule has 41 heavy (non-hydrogen) atoms. The molecule has 0 aliphatic rings. The van der Waals surface area contributed by atoms with Crippen LogP contribution in [0.25, 0.3) is 32.8 Å². The number of aromatic nitrogens is 3. The van der Waals surface area contributed by atoms with Gasteiger partial charge in [0.15, 0.2) is 0 Å². The third kappa shape index (κ3) is 5.85. The van der Waals surface area contributed by atoms with Gasteiger partial charge in [-0.2, -0.15) is 5.10 Å². The molecule has 8 nitrogen and oxygen atoms in total. The van der Waals surface area contributed by atoms with E-state index in [1.54, 1.807) is 0 Å². The molecular weight excluding hydrogens is 516 g/mol. The molecule has 2 N–H and O–H groups in total. The van der Waals surface area contributed by atoms with Gasteiger partial charge in [-0.25, -0.2) is 4.79 Å². The number of rotatable bonds is 12. The second-order valence-corrected chi connectivity index (χ2v) is 10.4. The lowest BCUT2D eigenvalue weighted by molar-refractivity contribution is 0.0519. The largest absolute Gasteiger partial charge is 0.493 e. The van der Waals surface area contributed by atoms with Crippen LogP contribution in [0.1, 0.15) is 40.8 Å². The van der Waals surface area contributed by atoms with Crippen molar-refractivity contribution in [3.05, 3.63) is 83.3 Å². The molecule has 8 heteroatoms. The fourth-order valence-electron chi connectivity index (χ4n) is 5.45. The van der Waals surface area contributed by atoms with Gasteiger partial charge < -0.3 is 24.5 Å². The lowest BCUT2D eigenvalue weighted by Crippen LogP contribution is -2.19. The van der Waals surface area contributed by atoms with Crippen molar-refractivity contribution in [1.82, 2.24) is 19.7 Å². The maximum Gasteiger partial charge on any atom is 0.355 e. The van der Waals surface area contributed by atoms with E-state index in [0.29, 0.717) is 31.0 Å². The molecule has 0 amide bonds. The average molecular weight is 555 g/mol. The number of hydrogen-bond acceptors (Lipinski definition) is 6. The van der Waals surface area contributed by atoms with Crippen molar-refractivity contribution in [2.75, 3.05) is 33.9 Å². The number of carbonyl (C=O) groups is 1. The highest BCUT2D eigenvalue weighted by molar-refractivity contribution is 6.04. The Labute approximate surface area is 240 Å². The van der Waals surface area contributed by atoms with Gasteiger partial charge in [0, 0.05) is 34.1 Å². The quantitative estimate of drug-likeness (QED) is 0.151. The van der Waals surface area contributed by atoms with Crippen molar-refractivity contribution in [1.29, 1.82) is 0 Å². The van der Waals surface area contributed by atoms with Gasteiger partial charge in [-0.1, -0.05) is 54.6 Å². The van der Waals surface area contributed by atoms with Crippen LogP contribution in [0.5, 0.6) is 5.75 Å². The fourth-order valence-corrected chi connectivity index (χ4v) is 5.45. The summed E-state index contributed by atoms with van der Waals surface area (Å²) in [6, 6.07) is 20.3. The normalized spacial score (nSPS) is 11.6. The van der Waals surface area contributed by atoms with Crippen molar-refractivity contribution in [2.24, 2.45) is 0 Å². The Kier molecular flexibility index (Phi) is 8.71. The van der Waals surface area contributed by atoms with Crippen molar-refractivity contribution in [3.63, 3.8) is 0 Å². The van der Waals surface area contributed by atoms with Crippen molar-refractivity contribution in [3.8, 4) is 16.9 Å². The molecule has 5 aromatic rings. The van der Waals surface area contributed by atoms with Crippen LogP contribution in [0.15, 0.2) is 60.7 Å². The summed E-state index contributed by atoms with van der Waals surface area (Å²) in [5, 5.41) is 18.1. The van der Waals surface area contributed by atoms with Gasteiger partial charge in [0.1, 0.15) is 11.4 Å². The van der Waals surface area contributed by atoms with E-state index in [-0.39, 0.29) is 19.2 Å². The number of aryl methyl sites for hydroxylation is 1. The first-order valence-corrected chi connectivity index (χ1v) is 14.2. The van der Waals surface area contributed by atoms with E-state index in [0.717, 1.165) is 62.8 Å². The second-order valence-electron chi connectivity index (χ2n) is 10.4. The third-order valence-corrected chi connectivity index (χ3v) is 7.46. The smallest absolute Gasteiger partial charge is 0.355 e. The molecule has 0 atom stereocenters. The van der Waals surface area contributed by atoms with Crippen molar-refractivity contribution >= 4 is 27.6 Å². The van der Waals surface area contributed by atoms with Gasteiger partial charge in [0.05, 0.1) is 37.6 Å². The minimum Gasteiger partial charge on any atom is -0.493 e. The summed E-state index contributed by atoms with van der Waals surface area (Å²) >= 11 is 0. The highest BCUT2D eigenvalue weighted by atomic mass is 16.5. The number of nitrogens with one attached hydrogen (secondary N) is 1.